The molecule has 1 aromatic rings. The number of hydrogen-bond donors (Lipinski definition) is 0. The second-order valence-corrected chi connectivity index (χ2v) is 5.30. The van der Waals surface area contributed by atoms with Gasteiger partial charge in [0.15, 0.2) is 5.78 Å². The van der Waals surface area contributed by atoms with E-state index < -0.39 is 0 Å². The predicted molar refractivity (Wildman–Crippen MR) is 61.6 cm³/mol. The molecule has 1 aliphatic heterocycles. The van der Waals surface area contributed by atoms with E-state index in [4.69, 9.17) is 16.3 Å². The smallest absolute Gasteiger partial charge is 0.167 e. The highest BCUT2D eigenvalue weighted by Crippen LogP contribution is 2.26. The highest BCUT2D eigenvalue weighted by molar-refractivity contribution is 7.10. The van der Waals surface area contributed by atoms with Gasteiger partial charge >= 0.3 is 0 Å². The molecule has 2 heterocycles. The monoisotopic (exact) mass is 244 g/mol. The van der Waals surface area contributed by atoms with Gasteiger partial charge in [0.2, 0.25) is 0 Å². The topological polar surface area (TPSA) is 26.3 Å². The van der Waals surface area contributed by atoms with Gasteiger partial charge in [0.05, 0.1) is 5.02 Å². The summed E-state index contributed by atoms with van der Waals surface area (Å²) in [4.78, 5) is 12.8. The van der Waals surface area contributed by atoms with Gasteiger partial charge < -0.3 is 4.74 Å². The van der Waals surface area contributed by atoms with Gasteiger partial charge in [0.25, 0.3) is 0 Å². The van der Waals surface area contributed by atoms with E-state index in [1.807, 2.05) is 11.4 Å². The summed E-state index contributed by atoms with van der Waals surface area (Å²) in [5, 5.41) is 2.60. The second kappa shape index (κ2) is 4.64. The molecule has 2 rings (SSSR count). The molecule has 1 aromatic heterocycles. The van der Waals surface area contributed by atoms with E-state index in [0.717, 1.165) is 11.3 Å². The molecule has 15 heavy (non-hydrogen) atoms. The maximum atomic E-state index is 11.9. The average Bonchev–Trinajstić information content (AvgIpc) is 2.76. The molecule has 0 amide bonds. The number of halogens is 1. The molecule has 2 nitrogen and oxygen atoms in total. The van der Waals surface area contributed by atoms with Crippen molar-refractivity contribution in [2.24, 2.45) is 5.92 Å². The van der Waals surface area contributed by atoms with Crippen LogP contribution in [0.4, 0.5) is 0 Å². The molecule has 0 radical (unpaired) electrons. The fourth-order valence-electron chi connectivity index (χ4n) is 1.82. The number of carbonyl (C=O) groups is 1. The Labute approximate surface area is 98.2 Å². The van der Waals surface area contributed by atoms with E-state index >= 15 is 0 Å². The maximum Gasteiger partial charge on any atom is 0.167 e. The fourth-order valence-corrected chi connectivity index (χ4v) is 2.93. The summed E-state index contributed by atoms with van der Waals surface area (Å²) in [6.45, 7) is 2.77. The molecule has 1 fully saturated rings. The zero-order valence-corrected chi connectivity index (χ0v) is 10.1. The largest absolute Gasteiger partial charge is 0.370 e. The van der Waals surface area contributed by atoms with Crippen molar-refractivity contribution in [1.82, 2.24) is 0 Å². The molecule has 1 saturated heterocycles. The Morgan fingerprint density at radius 1 is 1.73 bits per heavy atom. The zero-order valence-electron chi connectivity index (χ0n) is 8.53. The number of ether oxygens (including phenoxy) is 1. The van der Waals surface area contributed by atoms with Crippen molar-refractivity contribution in [2.45, 2.75) is 25.9 Å². The summed E-state index contributed by atoms with van der Waals surface area (Å²) in [5.74, 6) is 0.501. The predicted octanol–water partition coefficient (Wildman–Crippen LogP) is 2.94. The van der Waals surface area contributed by atoms with Crippen molar-refractivity contribution in [3.05, 3.63) is 21.3 Å². The molecule has 2 atom stereocenters. The number of hydrogen-bond acceptors (Lipinski definition) is 3. The van der Waals surface area contributed by atoms with Crippen LogP contribution in [0.3, 0.4) is 0 Å². The molecule has 2 unspecified atom stereocenters. The standard InChI is InChI=1S/C11H13ClO2S/c1-7-2-4-14-11(7)9(13)6-10-8(12)3-5-15-10/h3,5,7,11H,2,4,6H2,1H3. The lowest BCUT2D eigenvalue weighted by Crippen LogP contribution is -2.26. The van der Waals surface area contributed by atoms with E-state index in [9.17, 15) is 4.79 Å². The first-order valence-corrected chi connectivity index (χ1v) is 6.30. The van der Waals surface area contributed by atoms with E-state index in [2.05, 4.69) is 6.92 Å². The zero-order chi connectivity index (χ0) is 10.8. The third-order valence-electron chi connectivity index (χ3n) is 2.73. The number of thiophene rings is 1. The second-order valence-electron chi connectivity index (χ2n) is 3.89. The van der Waals surface area contributed by atoms with Crippen LogP contribution in [-0.2, 0) is 16.0 Å². The Morgan fingerprint density at radius 3 is 3.07 bits per heavy atom. The molecular weight excluding hydrogens is 232 g/mol. The summed E-state index contributed by atoms with van der Waals surface area (Å²) in [6, 6.07) is 1.83. The quantitative estimate of drug-likeness (QED) is 0.817. The molecule has 0 bridgehead atoms. The van der Waals surface area contributed by atoms with Gasteiger partial charge in [-0.15, -0.1) is 11.3 Å². The minimum atomic E-state index is -0.219. The fraction of sp³-hybridized carbons (Fsp3) is 0.545. The normalized spacial score (nSPS) is 25.7. The van der Waals surface area contributed by atoms with E-state index in [-0.39, 0.29) is 11.9 Å². The van der Waals surface area contributed by atoms with Crippen LogP contribution in [0, 0.1) is 5.92 Å². The summed E-state index contributed by atoms with van der Waals surface area (Å²) < 4.78 is 5.43. The van der Waals surface area contributed by atoms with Crippen LogP contribution in [0.5, 0.6) is 0 Å². The van der Waals surface area contributed by atoms with E-state index in [1.165, 1.54) is 11.3 Å². The molecule has 0 aromatic carbocycles. The van der Waals surface area contributed by atoms with Crippen molar-refractivity contribution in [1.29, 1.82) is 0 Å². The first-order chi connectivity index (χ1) is 7.18. The molecule has 0 aliphatic carbocycles. The molecule has 4 heteroatoms. The summed E-state index contributed by atoms with van der Waals surface area (Å²) in [7, 11) is 0. The number of rotatable bonds is 3. The van der Waals surface area contributed by atoms with Gasteiger partial charge in [0, 0.05) is 17.9 Å². The Bertz CT molecular complexity index is 361. The lowest BCUT2D eigenvalue weighted by atomic mass is 9.99. The van der Waals surface area contributed by atoms with Crippen molar-refractivity contribution in [3.8, 4) is 0 Å². The first kappa shape index (κ1) is 11.1. The minimum Gasteiger partial charge on any atom is -0.370 e. The number of carbonyl (C=O) groups excluding carboxylic acids is 1. The molecule has 82 valence electrons. The minimum absolute atomic E-state index is 0.157. The Balaban J connectivity index is 2.01. The van der Waals surface area contributed by atoms with Crippen LogP contribution in [0.1, 0.15) is 18.2 Å². The van der Waals surface area contributed by atoms with Gasteiger partial charge in [-0.3, -0.25) is 4.79 Å². The lowest BCUT2D eigenvalue weighted by molar-refractivity contribution is -0.128. The number of ketones is 1. The van der Waals surface area contributed by atoms with Gasteiger partial charge in [0.1, 0.15) is 6.10 Å². The van der Waals surface area contributed by atoms with E-state index in [0.29, 0.717) is 24.0 Å². The molecule has 0 saturated carbocycles. The highest BCUT2D eigenvalue weighted by Gasteiger charge is 2.30. The Morgan fingerprint density at radius 2 is 2.53 bits per heavy atom. The SMILES string of the molecule is CC1CCOC1C(=O)Cc1sccc1Cl. The summed E-state index contributed by atoms with van der Waals surface area (Å²) >= 11 is 7.47. The van der Waals surface area contributed by atoms with Crippen LogP contribution in [-0.4, -0.2) is 18.5 Å². The average molecular weight is 245 g/mol. The van der Waals surface area contributed by atoms with Crippen LogP contribution in [0.15, 0.2) is 11.4 Å². The highest BCUT2D eigenvalue weighted by atomic mass is 35.5. The maximum absolute atomic E-state index is 11.9. The summed E-state index contributed by atoms with van der Waals surface area (Å²) in [6.07, 6.45) is 1.17. The van der Waals surface area contributed by atoms with Crippen molar-refractivity contribution < 1.29 is 9.53 Å². The third-order valence-corrected chi connectivity index (χ3v) is 4.12. The number of Topliss-reactive ketones (excluding diaryl/α,β-unsaturated/α-hetero) is 1. The molecule has 0 N–H and O–H groups in total. The van der Waals surface area contributed by atoms with Crippen molar-refractivity contribution in [2.75, 3.05) is 6.61 Å². The Hall–Kier alpha value is -0.380. The molecular formula is C11H13ClO2S. The summed E-state index contributed by atoms with van der Waals surface area (Å²) in [5.41, 5.74) is 0. The van der Waals surface area contributed by atoms with Gasteiger partial charge in [-0.2, -0.15) is 0 Å². The van der Waals surface area contributed by atoms with Crippen LogP contribution < -0.4 is 0 Å². The van der Waals surface area contributed by atoms with Crippen molar-refractivity contribution >= 4 is 28.7 Å². The van der Waals surface area contributed by atoms with E-state index in [1.54, 1.807) is 0 Å². The van der Waals surface area contributed by atoms with Crippen molar-refractivity contribution in [3.63, 3.8) is 0 Å². The Kier molecular flexibility index (Phi) is 3.44. The van der Waals surface area contributed by atoms with Gasteiger partial charge in [-0.25, -0.2) is 0 Å². The third kappa shape index (κ3) is 2.41. The first-order valence-electron chi connectivity index (χ1n) is 5.04. The van der Waals surface area contributed by atoms with Crippen LogP contribution in [0.25, 0.3) is 0 Å². The molecule has 0 spiro atoms. The lowest BCUT2D eigenvalue weighted by Gasteiger charge is -2.12. The molecule has 1 aliphatic rings. The van der Waals surface area contributed by atoms with Gasteiger partial charge in [-0.05, 0) is 23.8 Å². The van der Waals surface area contributed by atoms with Crippen LogP contribution >= 0.6 is 22.9 Å². The van der Waals surface area contributed by atoms with Gasteiger partial charge in [-0.1, -0.05) is 18.5 Å². The van der Waals surface area contributed by atoms with Crippen LogP contribution in [0.2, 0.25) is 5.02 Å².